The van der Waals surface area contributed by atoms with E-state index in [2.05, 4.69) is 42.3 Å². The Hall–Kier alpha value is -1.61. The van der Waals surface area contributed by atoms with Crippen LogP contribution >= 0.6 is 0 Å². The minimum Gasteiger partial charge on any atom is -0.474 e. The highest BCUT2D eigenvalue weighted by atomic mass is 16.5. The second kappa shape index (κ2) is 6.71. The summed E-state index contributed by atoms with van der Waals surface area (Å²) in [6.07, 6.45) is 0.129. The summed E-state index contributed by atoms with van der Waals surface area (Å²) in [6, 6.07) is 10.4. The first-order chi connectivity index (χ1) is 9.56. The van der Waals surface area contributed by atoms with Crippen molar-refractivity contribution in [2.75, 3.05) is 6.54 Å². The molecule has 0 bridgehead atoms. The van der Waals surface area contributed by atoms with Gasteiger partial charge in [0.15, 0.2) is 0 Å². The number of nitrogens with zero attached hydrogens (tertiary/aromatic N) is 1. The molecule has 1 aromatic carbocycles. The summed E-state index contributed by atoms with van der Waals surface area (Å²) in [4.78, 5) is 4.65. The van der Waals surface area contributed by atoms with Crippen molar-refractivity contribution < 1.29 is 4.74 Å². The Kier molecular flexibility index (Phi) is 4.96. The van der Waals surface area contributed by atoms with Gasteiger partial charge in [0.25, 0.3) is 0 Å². The summed E-state index contributed by atoms with van der Waals surface area (Å²) in [6.45, 7) is 10.2. The summed E-state index contributed by atoms with van der Waals surface area (Å²) >= 11 is 0. The van der Waals surface area contributed by atoms with Crippen molar-refractivity contribution in [1.82, 2.24) is 10.3 Å². The van der Waals surface area contributed by atoms with E-state index in [-0.39, 0.29) is 6.10 Å². The molecule has 0 amide bonds. The highest BCUT2D eigenvalue weighted by molar-refractivity contribution is 5.87. The molecule has 0 atom stereocenters. The summed E-state index contributed by atoms with van der Waals surface area (Å²) < 4.78 is 5.86. The van der Waals surface area contributed by atoms with Crippen LogP contribution in [-0.2, 0) is 6.54 Å². The molecule has 2 aromatic rings. The van der Waals surface area contributed by atoms with Gasteiger partial charge in [0.1, 0.15) is 0 Å². The summed E-state index contributed by atoms with van der Waals surface area (Å²) in [5, 5.41) is 5.69. The van der Waals surface area contributed by atoms with Gasteiger partial charge in [-0.1, -0.05) is 32.0 Å². The standard InChI is InChI=1S/C17H24N2O/c1-12(2)10-18-11-15-9-14-7-5-6-8-16(14)17(19-15)20-13(3)4/h5-9,12-13,18H,10-11H2,1-4H3. The quantitative estimate of drug-likeness (QED) is 0.869. The molecule has 0 fully saturated rings. The number of nitrogens with one attached hydrogen (secondary N) is 1. The first-order valence-corrected chi connectivity index (χ1v) is 7.32. The molecule has 1 N–H and O–H groups in total. The fraction of sp³-hybridized carbons (Fsp3) is 0.471. The molecule has 2 rings (SSSR count). The lowest BCUT2D eigenvalue weighted by Gasteiger charge is -2.14. The van der Waals surface area contributed by atoms with E-state index in [0.29, 0.717) is 5.92 Å². The lowest BCUT2D eigenvalue weighted by Crippen LogP contribution is -2.20. The van der Waals surface area contributed by atoms with Gasteiger partial charge in [-0.2, -0.15) is 0 Å². The van der Waals surface area contributed by atoms with E-state index in [1.54, 1.807) is 0 Å². The van der Waals surface area contributed by atoms with Crippen molar-refractivity contribution in [2.24, 2.45) is 5.92 Å². The molecule has 1 aromatic heterocycles. The third-order valence-corrected chi connectivity index (χ3v) is 2.96. The Morgan fingerprint density at radius 1 is 1.15 bits per heavy atom. The lowest BCUT2D eigenvalue weighted by atomic mass is 10.1. The molecule has 0 aliphatic heterocycles. The zero-order valence-corrected chi connectivity index (χ0v) is 12.8. The van der Waals surface area contributed by atoms with Crippen molar-refractivity contribution in [1.29, 1.82) is 0 Å². The van der Waals surface area contributed by atoms with Crippen LogP contribution in [0.25, 0.3) is 10.8 Å². The number of benzene rings is 1. The van der Waals surface area contributed by atoms with Crippen LogP contribution in [0.2, 0.25) is 0 Å². The van der Waals surface area contributed by atoms with Crippen LogP contribution in [0.15, 0.2) is 30.3 Å². The zero-order valence-electron chi connectivity index (χ0n) is 12.8. The van der Waals surface area contributed by atoms with E-state index in [1.807, 2.05) is 26.0 Å². The smallest absolute Gasteiger partial charge is 0.221 e. The van der Waals surface area contributed by atoms with Crippen molar-refractivity contribution >= 4 is 10.8 Å². The molecule has 0 aliphatic rings. The molecule has 0 aliphatic carbocycles. The van der Waals surface area contributed by atoms with Gasteiger partial charge in [0.05, 0.1) is 11.8 Å². The molecule has 0 spiro atoms. The Morgan fingerprint density at radius 3 is 2.60 bits per heavy atom. The SMILES string of the molecule is CC(C)CNCc1cc2ccccc2c(OC(C)C)n1. The van der Waals surface area contributed by atoms with Crippen LogP contribution in [0.1, 0.15) is 33.4 Å². The molecular formula is C17H24N2O. The van der Waals surface area contributed by atoms with Gasteiger partial charge in [-0.3, -0.25) is 0 Å². The van der Waals surface area contributed by atoms with E-state index in [1.165, 1.54) is 5.39 Å². The number of hydrogen-bond acceptors (Lipinski definition) is 3. The predicted octanol–water partition coefficient (Wildman–Crippen LogP) is 3.77. The molecule has 0 saturated heterocycles. The maximum atomic E-state index is 5.86. The van der Waals surface area contributed by atoms with E-state index < -0.39 is 0 Å². The number of aromatic nitrogens is 1. The van der Waals surface area contributed by atoms with Gasteiger partial charge in [-0.25, -0.2) is 4.98 Å². The first kappa shape index (κ1) is 14.8. The van der Waals surface area contributed by atoms with Crippen molar-refractivity contribution in [3.05, 3.63) is 36.0 Å². The maximum absolute atomic E-state index is 5.86. The third-order valence-electron chi connectivity index (χ3n) is 2.96. The highest BCUT2D eigenvalue weighted by Crippen LogP contribution is 2.25. The number of ether oxygens (including phenoxy) is 1. The largest absolute Gasteiger partial charge is 0.474 e. The molecule has 0 unspecified atom stereocenters. The van der Waals surface area contributed by atoms with Gasteiger partial charge in [-0.15, -0.1) is 0 Å². The topological polar surface area (TPSA) is 34.1 Å². The van der Waals surface area contributed by atoms with Crippen molar-refractivity contribution in [3.8, 4) is 5.88 Å². The predicted molar refractivity (Wildman–Crippen MR) is 84.1 cm³/mol. The van der Waals surface area contributed by atoms with E-state index in [0.717, 1.165) is 30.0 Å². The van der Waals surface area contributed by atoms with Gasteiger partial charge >= 0.3 is 0 Å². The van der Waals surface area contributed by atoms with Crippen LogP contribution in [0.4, 0.5) is 0 Å². The minimum atomic E-state index is 0.129. The number of fused-ring (bicyclic) bond motifs is 1. The summed E-state index contributed by atoms with van der Waals surface area (Å²) in [7, 11) is 0. The molecule has 1 heterocycles. The van der Waals surface area contributed by atoms with E-state index >= 15 is 0 Å². The molecule has 0 saturated carbocycles. The maximum Gasteiger partial charge on any atom is 0.221 e. The number of hydrogen-bond donors (Lipinski definition) is 1. The Balaban J connectivity index is 2.27. The second-order valence-electron chi connectivity index (χ2n) is 5.83. The van der Waals surface area contributed by atoms with Gasteiger partial charge < -0.3 is 10.1 Å². The van der Waals surface area contributed by atoms with Gasteiger partial charge in [0.2, 0.25) is 5.88 Å². The van der Waals surface area contributed by atoms with Gasteiger partial charge in [-0.05, 0) is 43.8 Å². The Bertz CT molecular complexity index is 564. The number of pyridine rings is 1. The van der Waals surface area contributed by atoms with Crippen LogP contribution in [0.5, 0.6) is 5.88 Å². The third kappa shape index (κ3) is 3.94. The molecule has 108 valence electrons. The molecular weight excluding hydrogens is 248 g/mol. The van der Waals surface area contributed by atoms with Crippen LogP contribution in [0.3, 0.4) is 0 Å². The normalized spacial score (nSPS) is 11.5. The second-order valence-corrected chi connectivity index (χ2v) is 5.83. The van der Waals surface area contributed by atoms with Crippen molar-refractivity contribution in [2.45, 2.75) is 40.3 Å². The molecule has 3 heteroatoms. The fourth-order valence-corrected chi connectivity index (χ4v) is 2.11. The van der Waals surface area contributed by atoms with Crippen LogP contribution < -0.4 is 10.1 Å². The lowest BCUT2D eigenvalue weighted by molar-refractivity contribution is 0.235. The Morgan fingerprint density at radius 2 is 1.90 bits per heavy atom. The highest BCUT2D eigenvalue weighted by Gasteiger charge is 2.08. The van der Waals surface area contributed by atoms with E-state index in [9.17, 15) is 0 Å². The summed E-state index contributed by atoms with van der Waals surface area (Å²) in [5.74, 6) is 1.38. The first-order valence-electron chi connectivity index (χ1n) is 7.32. The number of rotatable bonds is 6. The molecule has 0 radical (unpaired) electrons. The average Bonchev–Trinajstić information content (AvgIpc) is 2.37. The monoisotopic (exact) mass is 272 g/mol. The summed E-state index contributed by atoms with van der Waals surface area (Å²) in [5.41, 5.74) is 1.03. The Labute approximate surface area is 121 Å². The van der Waals surface area contributed by atoms with E-state index in [4.69, 9.17) is 4.74 Å². The molecule has 3 nitrogen and oxygen atoms in total. The average molecular weight is 272 g/mol. The minimum absolute atomic E-state index is 0.129. The van der Waals surface area contributed by atoms with Gasteiger partial charge in [0, 0.05) is 11.9 Å². The fourth-order valence-electron chi connectivity index (χ4n) is 2.11. The zero-order chi connectivity index (χ0) is 14.5. The van der Waals surface area contributed by atoms with Crippen LogP contribution in [0, 0.1) is 5.92 Å². The molecule has 20 heavy (non-hydrogen) atoms. The van der Waals surface area contributed by atoms with Crippen LogP contribution in [-0.4, -0.2) is 17.6 Å². The van der Waals surface area contributed by atoms with Crippen molar-refractivity contribution in [3.63, 3.8) is 0 Å².